The number of benzene rings is 1. The lowest BCUT2D eigenvalue weighted by molar-refractivity contribution is 0.591. The molecule has 0 fully saturated rings. The van der Waals surface area contributed by atoms with Gasteiger partial charge in [-0.15, -0.1) is 0 Å². The van der Waals surface area contributed by atoms with E-state index in [0.29, 0.717) is 0 Å². The van der Waals surface area contributed by atoms with E-state index in [-0.39, 0.29) is 12.1 Å². The maximum Gasteiger partial charge on any atom is 0.150 e. The number of nitrogens with zero attached hydrogens (tertiary/aromatic N) is 3. The molecule has 0 spiro atoms. The molecule has 1 rings (SSSR count). The van der Waals surface area contributed by atoms with Crippen molar-refractivity contribution in [2.45, 2.75) is 0 Å². The van der Waals surface area contributed by atoms with Crippen molar-refractivity contribution in [1.29, 1.82) is 0 Å². The van der Waals surface area contributed by atoms with Crippen molar-refractivity contribution in [3.63, 3.8) is 0 Å². The van der Waals surface area contributed by atoms with E-state index < -0.39 is 17.3 Å². The zero-order chi connectivity index (χ0) is 11.3. The number of nitrogens with two attached hydrogens (primary N) is 1. The first-order valence-electron chi connectivity index (χ1n) is 3.89. The van der Waals surface area contributed by atoms with Crippen LogP contribution < -0.4 is 5.73 Å². The number of hydrogen-bond acceptors (Lipinski definition) is 2. The first-order valence-corrected chi connectivity index (χ1v) is 3.89. The Hall–Kier alpha value is -2.25. The highest BCUT2D eigenvalue weighted by Crippen LogP contribution is 2.16. The fourth-order valence-electron chi connectivity index (χ4n) is 0.865. The predicted molar refractivity (Wildman–Crippen MR) is 51.7 cm³/mol. The average Bonchev–Trinajstić information content (AvgIpc) is 2.21. The Morgan fingerprint density at radius 3 is 2.53 bits per heavy atom. The summed E-state index contributed by atoms with van der Waals surface area (Å²) in [7, 11) is 0. The Balaban J connectivity index is 2.95. The molecule has 1 aromatic carbocycles. The van der Waals surface area contributed by atoms with Crippen LogP contribution in [0.25, 0.3) is 10.4 Å². The molecule has 15 heavy (non-hydrogen) atoms. The molecule has 0 radical (unpaired) electrons. The van der Waals surface area contributed by atoms with Gasteiger partial charge in [0.2, 0.25) is 0 Å². The number of hydrogen-bond donors (Lipinski definition) is 1. The van der Waals surface area contributed by atoms with Crippen LogP contribution in [0.1, 0.15) is 5.56 Å². The molecule has 2 N–H and O–H groups in total. The third-order valence-electron chi connectivity index (χ3n) is 1.52. The Morgan fingerprint density at radius 1 is 1.40 bits per heavy atom. The molecule has 0 heterocycles. The summed E-state index contributed by atoms with van der Waals surface area (Å²) in [5.41, 5.74) is 12.6. The SMILES string of the molecule is [N-]=[N+]=NCC#Cc1cc(F)c(N)c(F)c1. The first-order chi connectivity index (χ1) is 7.15. The normalized spacial score (nSPS) is 8.67. The summed E-state index contributed by atoms with van der Waals surface area (Å²) in [4.78, 5) is 2.47. The van der Waals surface area contributed by atoms with Crippen molar-refractivity contribution < 1.29 is 8.78 Å². The molecule has 0 saturated heterocycles. The largest absolute Gasteiger partial charge is 0.394 e. The zero-order valence-corrected chi connectivity index (χ0v) is 7.54. The summed E-state index contributed by atoms with van der Waals surface area (Å²) in [6, 6.07) is 2.03. The number of anilines is 1. The zero-order valence-electron chi connectivity index (χ0n) is 7.54. The molecule has 0 amide bonds. The average molecular weight is 208 g/mol. The van der Waals surface area contributed by atoms with Crippen LogP contribution in [-0.2, 0) is 0 Å². The van der Waals surface area contributed by atoms with Crippen molar-refractivity contribution >= 4 is 5.69 Å². The second-order valence-corrected chi connectivity index (χ2v) is 2.54. The van der Waals surface area contributed by atoms with Crippen molar-refractivity contribution in [2.24, 2.45) is 5.11 Å². The maximum absolute atomic E-state index is 12.9. The third kappa shape index (κ3) is 2.86. The van der Waals surface area contributed by atoms with Crippen LogP contribution in [0, 0.1) is 23.5 Å². The van der Waals surface area contributed by atoms with Crippen molar-refractivity contribution in [3.05, 3.63) is 39.8 Å². The van der Waals surface area contributed by atoms with E-state index in [4.69, 9.17) is 11.3 Å². The van der Waals surface area contributed by atoms with Crippen LogP contribution in [0.4, 0.5) is 14.5 Å². The van der Waals surface area contributed by atoms with Gasteiger partial charge < -0.3 is 5.73 Å². The fraction of sp³-hybridized carbons (Fsp3) is 0.111. The summed E-state index contributed by atoms with van der Waals surface area (Å²) in [6.07, 6.45) is 0. The van der Waals surface area contributed by atoms with Gasteiger partial charge >= 0.3 is 0 Å². The Labute approximate surface area is 84.3 Å². The van der Waals surface area contributed by atoms with Gasteiger partial charge in [0.15, 0.2) is 0 Å². The highest BCUT2D eigenvalue weighted by molar-refractivity contribution is 5.47. The summed E-state index contributed by atoms with van der Waals surface area (Å²) < 4.78 is 25.8. The van der Waals surface area contributed by atoms with E-state index in [2.05, 4.69) is 21.9 Å². The minimum atomic E-state index is -0.858. The molecule has 0 aliphatic carbocycles. The van der Waals surface area contributed by atoms with Gasteiger partial charge in [-0.25, -0.2) is 8.78 Å². The van der Waals surface area contributed by atoms with Gasteiger partial charge in [0, 0.05) is 10.5 Å². The lowest BCUT2D eigenvalue weighted by Gasteiger charge is -1.98. The van der Waals surface area contributed by atoms with Crippen LogP contribution in [0.2, 0.25) is 0 Å². The predicted octanol–water partition coefficient (Wildman–Crippen LogP) is 2.21. The number of halogens is 2. The first kappa shape index (κ1) is 10.8. The lowest BCUT2D eigenvalue weighted by Crippen LogP contribution is -1.96. The van der Waals surface area contributed by atoms with Crippen LogP contribution >= 0.6 is 0 Å². The monoisotopic (exact) mass is 208 g/mol. The van der Waals surface area contributed by atoms with E-state index in [0.717, 1.165) is 12.1 Å². The third-order valence-corrected chi connectivity index (χ3v) is 1.52. The van der Waals surface area contributed by atoms with Crippen LogP contribution in [0.5, 0.6) is 0 Å². The molecule has 0 aliphatic heterocycles. The number of rotatable bonds is 1. The minimum absolute atomic E-state index is 0.0515. The molecule has 0 aromatic heterocycles. The van der Waals surface area contributed by atoms with E-state index >= 15 is 0 Å². The molecule has 76 valence electrons. The number of azide groups is 1. The molecule has 0 atom stereocenters. The second-order valence-electron chi connectivity index (χ2n) is 2.54. The smallest absolute Gasteiger partial charge is 0.150 e. The van der Waals surface area contributed by atoms with Gasteiger partial charge in [-0.05, 0) is 17.7 Å². The van der Waals surface area contributed by atoms with E-state index in [1.165, 1.54) is 0 Å². The summed E-state index contributed by atoms with van der Waals surface area (Å²) >= 11 is 0. The van der Waals surface area contributed by atoms with Gasteiger partial charge in [-0.3, -0.25) is 0 Å². The molecule has 0 aliphatic rings. The summed E-state index contributed by atoms with van der Waals surface area (Å²) in [6.45, 7) is -0.0515. The fourth-order valence-corrected chi connectivity index (χ4v) is 0.865. The van der Waals surface area contributed by atoms with Crippen LogP contribution in [-0.4, -0.2) is 6.54 Å². The molecule has 0 unspecified atom stereocenters. The Morgan fingerprint density at radius 2 is 2.00 bits per heavy atom. The van der Waals surface area contributed by atoms with Crippen molar-refractivity contribution in [2.75, 3.05) is 12.3 Å². The molecular weight excluding hydrogens is 202 g/mol. The Bertz CT molecular complexity index is 458. The minimum Gasteiger partial charge on any atom is -0.394 e. The van der Waals surface area contributed by atoms with Gasteiger partial charge in [0.25, 0.3) is 0 Å². The van der Waals surface area contributed by atoms with Gasteiger partial charge in [-0.1, -0.05) is 17.0 Å². The molecule has 1 aromatic rings. The molecule has 0 bridgehead atoms. The molecule has 6 heteroatoms. The quantitative estimate of drug-likeness (QED) is 0.248. The van der Waals surface area contributed by atoms with Gasteiger partial charge in [0.05, 0.1) is 6.54 Å². The summed E-state index contributed by atoms with van der Waals surface area (Å²) in [5, 5.41) is 3.14. The van der Waals surface area contributed by atoms with Gasteiger partial charge in [0.1, 0.15) is 17.3 Å². The Kier molecular flexibility index (Phi) is 3.49. The van der Waals surface area contributed by atoms with Crippen LogP contribution in [0.3, 0.4) is 0 Å². The highest BCUT2D eigenvalue weighted by Gasteiger charge is 2.05. The standard InChI is InChI=1S/C9H6F2N4/c10-7-4-6(2-1-3-14-15-13)5-8(11)9(7)12/h4-5H,3,12H2. The van der Waals surface area contributed by atoms with E-state index in [1.807, 2.05) is 0 Å². The van der Waals surface area contributed by atoms with Crippen molar-refractivity contribution in [1.82, 2.24) is 0 Å². The van der Waals surface area contributed by atoms with E-state index in [9.17, 15) is 8.78 Å². The molecular formula is C9H6F2N4. The highest BCUT2D eigenvalue weighted by atomic mass is 19.1. The lowest BCUT2D eigenvalue weighted by atomic mass is 10.2. The topological polar surface area (TPSA) is 74.8 Å². The maximum atomic E-state index is 12.9. The second kappa shape index (κ2) is 4.84. The van der Waals surface area contributed by atoms with Gasteiger partial charge in [-0.2, -0.15) is 0 Å². The van der Waals surface area contributed by atoms with E-state index in [1.54, 1.807) is 0 Å². The summed E-state index contributed by atoms with van der Waals surface area (Å²) in [5.74, 6) is 3.15. The van der Waals surface area contributed by atoms with Crippen molar-refractivity contribution in [3.8, 4) is 11.8 Å². The number of nitrogen functional groups attached to an aromatic ring is 1. The van der Waals surface area contributed by atoms with Crippen LogP contribution in [0.15, 0.2) is 17.2 Å². The molecule has 4 nitrogen and oxygen atoms in total. The molecule has 0 saturated carbocycles.